The lowest BCUT2D eigenvalue weighted by Crippen LogP contribution is -2.41. The van der Waals surface area contributed by atoms with Crippen LogP contribution in [0.3, 0.4) is 0 Å². The van der Waals surface area contributed by atoms with Gasteiger partial charge in [0.2, 0.25) is 5.91 Å². The Morgan fingerprint density at radius 1 is 1.44 bits per heavy atom. The average Bonchev–Trinajstić information content (AvgIpc) is 2.25. The van der Waals surface area contributed by atoms with Crippen molar-refractivity contribution >= 4 is 5.91 Å². The van der Waals surface area contributed by atoms with Crippen molar-refractivity contribution < 1.29 is 9.90 Å². The van der Waals surface area contributed by atoms with Crippen molar-refractivity contribution in [2.24, 2.45) is 11.7 Å². The van der Waals surface area contributed by atoms with Crippen LogP contribution in [0.4, 0.5) is 0 Å². The minimum Gasteiger partial charge on any atom is -0.396 e. The van der Waals surface area contributed by atoms with E-state index in [1.807, 2.05) is 18.7 Å². The first-order valence-corrected chi connectivity index (χ1v) is 6.10. The van der Waals surface area contributed by atoms with Gasteiger partial charge in [0.1, 0.15) is 0 Å². The van der Waals surface area contributed by atoms with E-state index >= 15 is 0 Å². The highest BCUT2D eigenvalue weighted by Gasteiger charge is 2.23. The lowest BCUT2D eigenvalue weighted by molar-refractivity contribution is -0.133. The van der Waals surface area contributed by atoms with Gasteiger partial charge in [-0.3, -0.25) is 4.79 Å². The van der Waals surface area contributed by atoms with E-state index in [-0.39, 0.29) is 18.1 Å². The number of rotatable bonds is 4. The summed E-state index contributed by atoms with van der Waals surface area (Å²) in [7, 11) is 0. The van der Waals surface area contributed by atoms with E-state index < -0.39 is 0 Å². The Hall–Kier alpha value is -0.610. The van der Waals surface area contributed by atoms with E-state index in [0.29, 0.717) is 12.3 Å². The van der Waals surface area contributed by atoms with Crippen molar-refractivity contribution in [2.45, 2.75) is 45.1 Å². The predicted molar refractivity (Wildman–Crippen MR) is 63.9 cm³/mol. The number of nitrogens with zero attached hydrogens (tertiary/aromatic N) is 1. The molecule has 1 aliphatic heterocycles. The molecule has 0 unspecified atom stereocenters. The molecule has 1 saturated heterocycles. The topological polar surface area (TPSA) is 66.6 Å². The van der Waals surface area contributed by atoms with E-state index in [1.165, 1.54) is 0 Å². The van der Waals surface area contributed by atoms with Crippen molar-refractivity contribution in [1.82, 2.24) is 4.90 Å². The number of amides is 1. The van der Waals surface area contributed by atoms with Crippen LogP contribution in [-0.2, 0) is 4.79 Å². The number of aliphatic hydroxyl groups is 1. The van der Waals surface area contributed by atoms with Crippen molar-refractivity contribution in [3.63, 3.8) is 0 Å². The van der Waals surface area contributed by atoms with Gasteiger partial charge in [-0.1, -0.05) is 0 Å². The molecule has 0 aromatic rings. The highest BCUT2D eigenvalue weighted by atomic mass is 16.3. The number of carbonyl (C=O) groups excluding carboxylic acids is 1. The molecule has 1 aliphatic rings. The number of carbonyl (C=O) groups is 1. The number of aliphatic hydroxyl groups excluding tert-OH is 1. The van der Waals surface area contributed by atoms with Gasteiger partial charge in [-0.15, -0.1) is 0 Å². The molecule has 0 bridgehead atoms. The summed E-state index contributed by atoms with van der Waals surface area (Å²) in [4.78, 5) is 13.7. The first-order chi connectivity index (χ1) is 7.42. The van der Waals surface area contributed by atoms with Crippen LogP contribution in [0, 0.1) is 5.92 Å². The maximum absolute atomic E-state index is 11.8. The Labute approximate surface area is 97.8 Å². The van der Waals surface area contributed by atoms with Crippen LogP contribution < -0.4 is 5.73 Å². The zero-order valence-electron chi connectivity index (χ0n) is 10.4. The second-order valence-corrected chi connectivity index (χ2v) is 5.50. The van der Waals surface area contributed by atoms with Crippen LogP contribution in [0.2, 0.25) is 0 Å². The standard InChI is InChI=1S/C12H24N2O2/c1-12(2,13)6-3-11(16)14-7-4-10(9-15)5-8-14/h10,15H,3-9,13H2,1-2H3. The summed E-state index contributed by atoms with van der Waals surface area (Å²) in [5.74, 6) is 0.588. The lowest BCUT2D eigenvalue weighted by atomic mass is 9.96. The lowest BCUT2D eigenvalue weighted by Gasteiger charge is -2.31. The maximum Gasteiger partial charge on any atom is 0.222 e. The van der Waals surface area contributed by atoms with E-state index in [9.17, 15) is 4.79 Å². The molecule has 0 aromatic heterocycles. The van der Waals surface area contributed by atoms with Gasteiger partial charge >= 0.3 is 0 Å². The maximum atomic E-state index is 11.8. The second-order valence-electron chi connectivity index (χ2n) is 5.50. The molecular weight excluding hydrogens is 204 g/mol. The molecular formula is C12H24N2O2. The molecule has 1 heterocycles. The van der Waals surface area contributed by atoms with Gasteiger partial charge in [0.05, 0.1) is 0 Å². The first-order valence-electron chi connectivity index (χ1n) is 6.10. The van der Waals surface area contributed by atoms with Gasteiger partial charge < -0.3 is 15.7 Å². The highest BCUT2D eigenvalue weighted by molar-refractivity contribution is 5.76. The van der Waals surface area contributed by atoms with Crippen LogP contribution in [0.15, 0.2) is 0 Å². The molecule has 1 amide bonds. The van der Waals surface area contributed by atoms with Crippen LogP contribution in [0.5, 0.6) is 0 Å². The molecule has 94 valence electrons. The van der Waals surface area contributed by atoms with Gasteiger partial charge in [-0.2, -0.15) is 0 Å². The van der Waals surface area contributed by atoms with Crippen molar-refractivity contribution in [3.8, 4) is 0 Å². The fourth-order valence-corrected chi connectivity index (χ4v) is 1.95. The van der Waals surface area contributed by atoms with E-state index in [2.05, 4.69) is 0 Å². The third-order valence-electron chi connectivity index (χ3n) is 3.21. The zero-order chi connectivity index (χ0) is 12.2. The third kappa shape index (κ3) is 4.49. The fourth-order valence-electron chi connectivity index (χ4n) is 1.95. The summed E-state index contributed by atoms with van der Waals surface area (Å²) in [5, 5.41) is 9.01. The van der Waals surface area contributed by atoms with Gasteiger partial charge in [0, 0.05) is 31.7 Å². The Morgan fingerprint density at radius 2 is 2.00 bits per heavy atom. The summed E-state index contributed by atoms with van der Waals surface area (Å²) in [6.07, 6.45) is 3.11. The van der Waals surface area contributed by atoms with Gasteiger partial charge in [-0.05, 0) is 39.0 Å². The molecule has 4 nitrogen and oxygen atoms in total. The second kappa shape index (κ2) is 5.64. The number of nitrogens with two attached hydrogens (primary N) is 1. The number of hydrogen-bond acceptors (Lipinski definition) is 3. The normalized spacial score (nSPS) is 18.9. The predicted octanol–water partition coefficient (Wildman–Crippen LogP) is 0.735. The van der Waals surface area contributed by atoms with E-state index in [0.717, 1.165) is 32.4 Å². The quantitative estimate of drug-likeness (QED) is 0.745. The van der Waals surface area contributed by atoms with Gasteiger partial charge in [0.25, 0.3) is 0 Å². The molecule has 1 fully saturated rings. The van der Waals surface area contributed by atoms with Gasteiger partial charge in [-0.25, -0.2) is 0 Å². The van der Waals surface area contributed by atoms with Crippen LogP contribution in [0.1, 0.15) is 39.5 Å². The fraction of sp³-hybridized carbons (Fsp3) is 0.917. The molecule has 4 heteroatoms. The molecule has 0 aliphatic carbocycles. The monoisotopic (exact) mass is 228 g/mol. The molecule has 0 spiro atoms. The number of piperidine rings is 1. The Bertz CT molecular complexity index is 228. The molecule has 1 rings (SSSR count). The largest absolute Gasteiger partial charge is 0.396 e. The Balaban J connectivity index is 2.28. The summed E-state index contributed by atoms with van der Waals surface area (Å²) in [6, 6.07) is 0. The van der Waals surface area contributed by atoms with Crippen LogP contribution in [0.25, 0.3) is 0 Å². The Morgan fingerprint density at radius 3 is 2.44 bits per heavy atom. The number of hydrogen-bond donors (Lipinski definition) is 2. The van der Waals surface area contributed by atoms with Crippen LogP contribution in [-0.4, -0.2) is 41.1 Å². The SMILES string of the molecule is CC(C)(N)CCC(=O)N1CCC(CO)CC1. The molecule has 3 N–H and O–H groups in total. The summed E-state index contributed by atoms with van der Waals surface area (Å²) >= 11 is 0. The van der Waals surface area contributed by atoms with Crippen molar-refractivity contribution in [3.05, 3.63) is 0 Å². The average molecular weight is 228 g/mol. The highest BCUT2D eigenvalue weighted by Crippen LogP contribution is 2.18. The minimum atomic E-state index is -0.265. The minimum absolute atomic E-state index is 0.204. The summed E-state index contributed by atoms with van der Waals surface area (Å²) < 4.78 is 0. The van der Waals surface area contributed by atoms with Gasteiger partial charge in [0.15, 0.2) is 0 Å². The number of likely N-dealkylation sites (tertiary alicyclic amines) is 1. The summed E-state index contributed by atoms with van der Waals surface area (Å²) in [5.41, 5.74) is 5.59. The van der Waals surface area contributed by atoms with Crippen molar-refractivity contribution in [1.29, 1.82) is 0 Å². The smallest absolute Gasteiger partial charge is 0.222 e. The zero-order valence-corrected chi connectivity index (χ0v) is 10.4. The van der Waals surface area contributed by atoms with Crippen molar-refractivity contribution in [2.75, 3.05) is 19.7 Å². The third-order valence-corrected chi connectivity index (χ3v) is 3.21. The molecule has 0 atom stereocenters. The van der Waals surface area contributed by atoms with E-state index in [4.69, 9.17) is 10.8 Å². The molecule has 16 heavy (non-hydrogen) atoms. The first kappa shape index (κ1) is 13.5. The molecule has 0 radical (unpaired) electrons. The Kier molecular flexibility index (Phi) is 4.74. The molecule has 0 aromatic carbocycles. The van der Waals surface area contributed by atoms with E-state index in [1.54, 1.807) is 0 Å². The summed E-state index contributed by atoms with van der Waals surface area (Å²) in [6.45, 7) is 5.71. The molecule has 0 saturated carbocycles. The van der Waals surface area contributed by atoms with Crippen LogP contribution >= 0.6 is 0 Å².